The summed E-state index contributed by atoms with van der Waals surface area (Å²) >= 11 is 0. The highest BCUT2D eigenvalue weighted by molar-refractivity contribution is 5.94. The third-order valence-corrected chi connectivity index (χ3v) is 4.79. The van der Waals surface area contributed by atoms with Crippen LogP contribution >= 0.6 is 0 Å². The van der Waals surface area contributed by atoms with E-state index in [1.54, 1.807) is 24.3 Å². The van der Waals surface area contributed by atoms with Crippen LogP contribution in [0, 0.1) is 11.7 Å². The lowest BCUT2D eigenvalue weighted by atomic mass is 9.84. The predicted molar refractivity (Wildman–Crippen MR) is 95.1 cm³/mol. The van der Waals surface area contributed by atoms with Crippen LogP contribution < -0.4 is 5.32 Å². The van der Waals surface area contributed by atoms with Gasteiger partial charge in [0.15, 0.2) is 0 Å². The van der Waals surface area contributed by atoms with Crippen molar-refractivity contribution in [3.05, 3.63) is 54.0 Å². The zero-order valence-electron chi connectivity index (χ0n) is 14.3. The number of halogens is 1. The van der Waals surface area contributed by atoms with E-state index >= 15 is 0 Å². The Labute approximate surface area is 151 Å². The van der Waals surface area contributed by atoms with E-state index in [0.717, 1.165) is 25.7 Å². The minimum Gasteiger partial charge on any atom is -0.481 e. The zero-order valence-corrected chi connectivity index (χ0v) is 14.3. The first-order valence-electron chi connectivity index (χ1n) is 8.76. The summed E-state index contributed by atoms with van der Waals surface area (Å²) in [6.45, 7) is 0. The molecule has 1 aliphatic carbocycles. The van der Waals surface area contributed by atoms with Gasteiger partial charge in [0.25, 0.3) is 5.91 Å². The van der Waals surface area contributed by atoms with Crippen molar-refractivity contribution in [1.82, 2.24) is 10.3 Å². The third kappa shape index (κ3) is 4.65. The van der Waals surface area contributed by atoms with Gasteiger partial charge in [0, 0.05) is 24.2 Å². The Balaban J connectivity index is 1.56. The number of carbonyl (C=O) groups is 2. The fraction of sp³-hybridized carbons (Fsp3) is 0.350. The summed E-state index contributed by atoms with van der Waals surface area (Å²) in [6.07, 6.45) is 4.90. The molecule has 2 aromatic rings. The Hall–Kier alpha value is -2.76. The van der Waals surface area contributed by atoms with Gasteiger partial charge < -0.3 is 10.4 Å². The lowest BCUT2D eigenvalue weighted by Crippen LogP contribution is -2.37. The van der Waals surface area contributed by atoms with Crippen molar-refractivity contribution in [2.75, 3.05) is 0 Å². The Morgan fingerprint density at radius 1 is 1.15 bits per heavy atom. The van der Waals surface area contributed by atoms with Crippen LogP contribution in [0.25, 0.3) is 11.3 Å². The average molecular weight is 356 g/mol. The third-order valence-electron chi connectivity index (χ3n) is 4.79. The largest absolute Gasteiger partial charge is 0.481 e. The maximum absolute atomic E-state index is 13.3. The lowest BCUT2D eigenvalue weighted by Gasteiger charge is -2.28. The summed E-state index contributed by atoms with van der Waals surface area (Å²) in [4.78, 5) is 27.4. The number of nitrogens with one attached hydrogen (secondary N) is 1. The number of aliphatic carboxylic acids is 1. The molecule has 1 amide bonds. The molecule has 26 heavy (non-hydrogen) atoms. The zero-order chi connectivity index (χ0) is 18.5. The molecular formula is C20H21FN2O3. The molecule has 0 spiro atoms. The molecule has 0 atom stereocenters. The monoisotopic (exact) mass is 356 g/mol. The van der Waals surface area contributed by atoms with Crippen molar-refractivity contribution in [2.45, 2.75) is 38.1 Å². The molecule has 1 aliphatic rings. The molecule has 0 radical (unpaired) electrons. The van der Waals surface area contributed by atoms with Gasteiger partial charge in [-0.05, 0) is 55.9 Å². The molecular weight excluding hydrogens is 335 g/mol. The standard InChI is InChI=1S/C20H21FN2O3/c21-16-3-1-2-14(11-16)18-9-6-15(12-22-18)20(26)23-17-7-4-13(5-8-17)10-19(24)25/h1-3,6,9,11-13,17H,4-5,7-8,10H2,(H,23,26)(H,24,25)/t13-,17-. The first-order valence-corrected chi connectivity index (χ1v) is 8.76. The Morgan fingerprint density at radius 3 is 2.54 bits per heavy atom. The summed E-state index contributed by atoms with van der Waals surface area (Å²) in [6, 6.07) is 9.60. The molecule has 3 rings (SSSR count). The van der Waals surface area contributed by atoms with E-state index in [9.17, 15) is 14.0 Å². The van der Waals surface area contributed by atoms with E-state index in [2.05, 4.69) is 10.3 Å². The number of hydrogen-bond acceptors (Lipinski definition) is 3. The molecule has 1 aromatic carbocycles. The Morgan fingerprint density at radius 2 is 1.92 bits per heavy atom. The van der Waals surface area contributed by atoms with Gasteiger partial charge >= 0.3 is 5.97 Å². The molecule has 1 fully saturated rings. The highest BCUT2D eigenvalue weighted by Gasteiger charge is 2.24. The molecule has 0 aliphatic heterocycles. The smallest absolute Gasteiger partial charge is 0.303 e. The molecule has 1 aromatic heterocycles. The normalized spacial score (nSPS) is 19.7. The first-order chi connectivity index (χ1) is 12.5. The quantitative estimate of drug-likeness (QED) is 0.857. The number of benzene rings is 1. The number of carboxylic acids is 1. The molecule has 6 heteroatoms. The molecule has 0 bridgehead atoms. The second-order valence-electron chi connectivity index (χ2n) is 6.73. The summed E-state index contributed by atoms with van der Waals surface area (Å²) in [5.74, 6) is -1.08. The fourth-order valence-electron chi connectivity index (χ4n) is 3.37. The molecule has 0 unspecified atom stereocenters. The van der Waals surface area contributed by atoms with E-state index in [0.29, 0.717) is 16.8 Å². The highest BCUT2D eigenvalue weighted by Crippen LogP contribution is 2.27. The Bertz CT molecular complexity index is 784. The van der Waals surface area contributed by atoms with Crippen molar-refractivity contribution in [2.24, 2.45) is 5.92 Å². The molecule has 1 heterocycles. The van der Waals surface area contributed by atoms with Crippen molar-refractivity contribution in [3.8, 4) is 11.3 Å². The van der Waals surface area contributed by atoms with Gasteiger partial charge in [-0.25, -0.2) is 4.39 Å². The number of rotatable bonds is 5. The van der Waals surface area contributed by atoms with Gasteiger partial charge in [-0.15, -0.1) is 0 Å². The number of carboxylic acid groups (broad SMARTS) is 1. The van der Waals surface area contributed by atoms with Crippen LogP contribution in [0.1, 0.15) is 42.5 Å². The highest BCUT2D eigenvalue weighted by atomic mass is 19.1. The van der Waals surface area contributed by atoms with Gasteiger partial charge in [0.05, 0.1) is 11.3 Å². The van der Waals surface area contributed by atoms with Gasteiger partial charge in [0.2, 0.25) is 0 Å². The van der Waals surface area contributed by atoms with Crippen LogP contribution in [0.4, 0.5) is 4.39 Å². The average Bonchev–Trinajstić information content (AvgIpc) is 2.63. The molecule has 1 saturated carbocycles. The first kappa shape index (κ1) is 18.0. The van der Waals surface area contributed by atoms with Gasteiger partial charge in [-0.2, -0.15) is 0 Å². The topological polar surface area (TPSA) is 79.3 Å². The Kier molecular flexibility index (Phi) is 5.61. The van der Waals surface area contributed by atoms with Crippen LogP contribution in [0.3, 0.4) is 0 Å². The number of amides is 1. The summed E-state index contributed by atoms with van der Waals surface area (Å²) < 4.78 is 13.3. The molecule has 5 nitrogen and oxygen atoms in total. The van der Waals surface area contributed by atoms with E-state index in [-0.39, 0.29) is 30.1 Å². The van der Waals surface area contributed by atoms with E-state index in [1.165, 1.54) is 18.3 Å². The molecule has 0 saturated heterocycles. The van der Waals surface area contributed by atoms with Gasteiger partial charge in [-0.1, -0.05) is 12.1 Å². The SMILES string of the molecule is O=C(O)C[C@H]1CC[C@H](NC(=O)c2ccc(-c3cccc(F)c3)nc2)CC1. The summed E-state index contributed by atoms with van der Waals surface area (Å²) in [5, 5.41) is 11.8. The maximum Gasteiger partial charge on any atom is 0.303 e. The second-order valence-corrected chi connectivity index (χ2v) is 6.73. The van der Waals surface area contributed by atoms with E-state index in [1.807, 2.05) is 0 Å². The van der Waals surface area contributed by atoms with Gasteiger partial charge in [0.1, 0.15) is 5.82 Å². The molecule has 136 valence electrons. The minimum absolute atomic E-state index is 0.0652. The minimum atomic E-state index is -0.762. The van der Waals surface area contributed by atoms with E-state index < -0.39 is 5.97 Å². The van der Waals surface area contributed by atoms with Crippen LogP contribution in [0.2, 0.25) is 0 Å². The van der Waals surface area contributed by atoms with Gasteiger partial charge in [-0.3, -0.25) is 14.6 Å². The van der Waals surface area contributed by atoms with Crippen molar-refractivity contribution in [3.63, 3.8) is 0 Å². The van der Waals surface area contributed by atoms with Crippen LogP contribution in [0.15, 0.2) is 42.6 Å². The number of aromatic nitrogens is 1. The molecule has 2 N–H and O–H groups in total. The van der Waals surface area contributed by atoms with Crippen LogP contribution in [-0.2, 0) is 4.79 Å². The summed E-state index contributed by atoms with van der Waals surface area (Å²) in [5.41, 5.74) is 1.72. The van der Waals surface area contributed by atoms with Crippen LogP contribution in [0.5, 0.6) is 0 Å². The number of pyridine rings is 1. The predicted octanol–water partition coefficient (Wildman–Crippen LogP) is 3.65. The van der Waals surface area contributed by atoms with E-state index in [4.69, 9.17) is 5.11 Å². The fourth-order valence-corrected chi connectivity index (χ4v) is 3.37. The second kappa shape index (κ2) is 8.08. The number of carbonyl (C=O) groups excluding carboxylic acids is 1. The lowest BCUT2D eigenvalue weighted by molar-refractivity contribution is -0.138. The maximum atomic E-state index is 13.3. The van der Waals surface area contributed by atoms with Crippen LogP contribution in [-0.4, -0.2) is 28.0 Å². The summed E-state index contributed by atoms with van der Waals surface area (Å²) in [7, 11) is 0. The van der Waals surface area contributed by atoms with Crippen molar-refractivity contribution >= 4 is 11.9 Å². The number of nitrogens with zero attached hydrogens (tertiary/aromatic N) is 1. The number of hydrogen-bond donors (Lipinski definition) is 2. The van der Waals surface area contributed by atoms with Crippen molar-refractivity contribution in [1.29, 1.82) is 0 Å². The van der Waals surface area contributed by atoms with Crippen molar-refractivity contribution < 1.29 is 19.1 Å².